The number of para-hydroxylation sites is 1. The standard InChI is InChI=1S/C11H15N3O2/c12-8-11(16)14(7-6-10(13)15)9-4-2-1-3-5-9/h1-5H,6-8,12H2,(H2,13,15). The van der Waals surface area contributed by atoms with E-state index >= 15 is 0 Å². The SMILES string of the molecule is NCC(=O)N(CCC(N)=O)c1ccccc1. The van der Waals surface area contributed by atoms with Gasteiger partial charge in [-0.1, -0.05) is 18.2 Å². The maximum absolute atomic E-state index is 11.6. The molecule has 5 nitrogen and oxygen atoms in total. The lowest BCUT2D eigenvalue weighted by atomic mass is 10.2. The molecule has 5 heteroatoms. The topological polar surface area (TPSA) is 89.4 Å². The normalized spacial score (nSPS) is 9.81. The molecule has 0 fully saturated rings. The van der Waals surface area contributed by atoms with Crippen LogP contribution in [0.3, 0.4) is 0 Å². The lowest BCUT2D eigenvalue weighted by molar-refractivity contribution is -0.118. The van der Waals surface area contributed by atoms with E-state index in [0.717, 1.165) is 5.69 Å². The Morgan fingerprint density at radius 3 is 2.31 bits per heavy atom. The zero-order valence-electron chi connectivity index (χ0n) is 8.93. The van der Waals surface area contributed by atoms with Crippen LogP contribution in [0.2, 0.25) is 0 Å². The van der Waals surface area contributed by atoms with Gasteiger partial charge in [0.15, 0.2) is 0 Å². The Bertz CT molecular complexity index is 365. The van der Waals surface area contributed by atoms with Crippen molar-refractivity contribution in [3.8, 4) is 0 Å². The number of anilines is 1. The van der Waals surface area contributed by atoms with Crippen LogP contribution in [0.5, 0.6) is 0 Å². The smallest absolute Gasteiger partial charge is 0.240 e. The van der Waals surface area contributed by atoms with E-state index in [4.69, 9.17) is 11.5 Å². The average molecular weight is 221 g/mol. The van der Waals surface area contributed by atoms with Gasteiger partial charge in [-0.05, 0) is 12.1 Å². The minimum Gasteiger partial charge on any atom is -0.370 e. The first kappa shape index (κ1) is 12.2. The highest BCUT2D eigenvalue weighted by Gasteiger charge is 2.14. The highest BCUT2D eigenvalue weighted by atomic mass is 16.2. The summed E-state index contributed by atoms with van der Waals surface area (Å²) in [5, 5.41) is 0. The number of primary amides is 1. The number of amides is 2. The maximum atomic E-state index is 11.6. The fourth-order valence-corrected chi connectivity index (χ4v) is 1.34. The summed E-state index contributed by atoms with van der Waals surface area (Å²) in [5.74, 6) is -0.668. The summed E-state index contributed by atoms with van der Waals surface area (Å²) in [6, 6.07) is 9.05. The van der Waals surface area contributed by atoms with Crippen LogP contribution < -0.4 is 16.4 Å². The fourth-order valence-electron chi connectivity index (χ4n) is 1.34. The van der Waals surface area contributed by atoms with Gasteiger partial charge in [-0.25, -0.2) is 0 Å². The van der Waals surface area contributed by atoms with Gasteiger partial charge < -0.3 is 16.4 Å². The molecule has 4 N–H and O–H groups in total. The molecular weight excluding hydrogens is 206 g/mol. The molecule has 1 rings (SSSR count). The molecule has 0 saturated carbocycles. The summed E-state index contributed by atoms with van der Waals surface area (Å²) in [6.45, 7) is 0.170. The molecule has 86 valence electrons. The molecule has 0 aliphatic rings. The number of nitrogens with zero attached hydrogens (tertiary/aromatic N) is 1. The van der Waals surface area contributed by atoms with Gasteiger partial charge in [-0.2, -0.15) is 0 Å². The maximum Gasteiger partial charge on any atom is 0.240 e. The Morgan fingerprint density at radius 2 is 1.81 bits per heavy atom. The Kier molecular flexibility index (Phi) is 4.47. The number of rotatable bonds is 5. The van der Waals surface area contributed by atoms with Crippen LogP contribution in [0, 0.1) is 0 Å². The summed E-state index contributed by atoms with van der Waals surface area (Å²) in [6.07, 6.45) is 0.126. The Morgan fingerprint density at radius 1 is 1.19 bits per heavy atom. The first-order chi connectivity index (χ1) is 7.65. The second kappa shape index (κ2) is 5.87. The van der Waals surface area contributed by atoms with Crippen LogP contribution in [0.4, 0.5) is 5.69 Å². The molecule has 0 aromatic heterocycles. The lowest BCUT2D eigenvalue weighted by Crippen LogP contribution is -2.38. The number of hydrogen-bond acceptors (Lipinski definition) is 3. The van der Waals surface area contributed by atoms with E-state index in [1.165, 1.54) is 4.90 Å². The minimum absolute atomic E-state index is 0.0896. The second-order valence-corrected chi connectivity index (χ2v) is 3.30. The highest BCUT2D eigenvalue weighted by molar-refractivity contribution is 5.95. The summed E-state index contributed by atoms with van der Waals surface area (Å²) in [7, 11) is 0. The first-order valence-electron chi connectivity index (χ1n) is 4.99. The van der Waals surface area contributed by atoms with Crippen molar-refractivity contribution in [2.75, 3.05) is 18.0 Å². The van der Waals surface area contributed by atoms with Crippen molar-refractivity contribution in [1.82, 2.24) is 0 Å². The molecule has 1 aromatic carbocycles. The Hall–Kier alpha value is -1.88. The van der Waals surface area contributed by atoms with Crippen molar-refractivity contribution in [1.29, 1.82) is 0 Å². The van der Waals surface area contributed by atoms with Gasteiger partial charge in [0.05, 0.1) is 6.54 Å². The summed E-state index contributed by atoms with van der Waals surface area (Å²) >= 11 is 0. The third-order valence-corrected chi connectivity index (χ3v) is 2.13. The first-order valence-corrected chi connectivity index (χ1v) is 4.99. The molecule has 1 aromatic rings. The van der Waals surface area contributed by atoms with Crippen molar-refractivity contribution in [3.05, 3.63) is 30.3 Å². The zero-order chi connectivity index (χ0) is 12.0. The predicted octanol–water partition coefficient (Wildman–Crippen LogP) is -0.146. The average Bonchev–Trinajstić information content (AvgIpc) is 2.30. The number of nitrogens with two attached hydrogens (primary N) is 2. The lowest BCUT2D eigenvalue weighted by Gasteiger charge is -2.21. The van der Waals surface area contributed by atoms with Gasteiger partial charge in [0, 0.05) is 18.7 Å². The van der Waals surface area contributed by atoms with Crippen LogP contribution in [0.1, 0.15) is 6.42 Å². The van der Waals surface area contributed by atoms with Crippen molar-refractivity contribution in [2.24, 2.45) is 11.5 Å². The summed E-state index contributed by atoms with van der Waals surface area (Å²) < 4.78 is 0. The van der Waals surface area contributed by atoms with Crippen LogP contribution in [-0.2, 0) is 9.59 Å². The molecule has 0 unspecified atom stereocenters. The van der Waals surface area contributed by atoms with E-state index in [-0.39, 0.29) is 25.4 Å². The van der Waals surface area contributed by atoms with Crippen LogP contribution in [-0.4, -0.2) is 24.9 Å². The van der Waals surface area contributed by atoms with Gasteiger partial charge in [-0.3, -0.25) is 9.59 Å². The van der Waals surface area contributed by atoms with E-state index in [0.29, 0.717) is 0 Å². The highest BCUT2D eigenvalue weighted by Crippen LogP contribution is 2.13. The van der Waals surface area contributed by atoms with E-state index in [2.05, 4.69) is 0 Å². The molecule has 2 amide bonds. The van der Waals surface area contributed by atoms with Crippen molar-refractivity contribution < 1.29 is 9.59 Å². The van der Waals surface area contributed by atoms with Gasteiger partial charge in [-0.15, -0.1) is 0 Å². The van der Waals surface area contributed by atoms with Crippen LogP contribution in [0.15, 0.2) is 30.3 Å². The molecule has 0 heterocycles. The minimum atomic E-state index is -0.439. The van der Waals surface area contributed by atoms with Gasteiger partial charge in [0.2, 0.25) is 11.8 Å². The fraction of sp³-hybridized carbons (Fsp3) is 0.273. The Labute approximate surface area is 94.0 Å². The van der Waals surface area contributed by atoms with E-state index in [9.17, 15) is 9.59 Å². The molecule has 0 aliphatic heterocycles. The number of benzene rings is 1. The van der Waals surface area contributed by atoms with Crippen molar-refractivity contribution in [3.63, 3.8) is 0 Å². The Balaban J connectivity index is 2.79. The van der Waals surface area contributed by atoms with E-state index < -0.39 is 5.91 Å². The second-order valence-electron chi connectivity index (χ2n) is 3.30. The summed E-state index contributed by atoms with van der Waals surface area (Å²) in [4.78, 5) is 23.7. The quantitative estimate of drug-likeness (QED) is 0.724. The molecule has 0 aliphatic carbocycles. The van der Waals surface area contributed by atoms with Crippen molar-refractivity contribution in [2.45, 2.75) is 6.42 Å². The molecule has 0 saturated heterocycles. The van der Waals surface area contributed by atoms with Gasteiger partial charge in [0.1, 0.15) is 0 Å². The van der Waals surface area contributed by atoms with Crippen LogP contribution in [0.25, 0.3) is 0 Å². The third-order valence-electron chi connectivity index (χ3n) is 2.13. The zero-order valence-corrected chi connectivity index (χ0v) is 8.93. The van der Waals surface area contributed by atoms with Crippen molar-refractivity contribution >= 4 is 17.5 Å². The molecular formula is C11H15N3O2. The number of carbonyl (C=O) groups is 2. The number of hydrogen-bond donors (Lipinski definition) is 2. The third kappa shape index (κ3) is 3.36. The molecule has 0 atom stereocenters. The monoisotopic (exact) mass is 221 g/mol. The molecule has 0 radical (unpaired) electrons. The van der Waals surface area contributed by atoms with Crippen LogP contribution >= 0.6 is 0 Å². The molecule has 0 bridgehead atoms. The van der Waals surface area contributed by atoms with Gasteiger partial charge >= 0.3 is 0 Å². The predicted molar refractivity (Wildman–Crippen MR) is 61.7 cm³/mol. The molecule has 0 spiro atoms. The summed E-state index contributed by atoms with van der Waals surface area (Å²) in [5.41, 5.74) is 11.1. The number of carbonyl (C=O) groups excluding carboxylic acids is 2. The van der Waals surface area contributed by atoms with E-state index in [1.54, 1.807) is 12.1 Å². The van der Waals surface area contributed by atoms with Gasteiger partial charge in [0.25, 0.3) is 0 Å². The van der Waals surface area contributed by atoms with E-state index in [1.807, 2.05) is 18.2 Å². The largest absolute Gasteiger partial charge is 0.370 e. The molecule has 16 heavy (non-hydrogen) atoms.